The van der Waals surface area contributed by atoms with Crippen LogP contribution in [-0.4, -0.2) is 25.5 Å². The second-order valence-electron chi connectivity index (χ2n) is 6.89. The summed E-state index contributed by atoms with van der Waals surface area (Å²) in [5.74, 6) is 0.383. The van der Waals surface area contributed by atoms with Crippen LogP contribution in [0.5, 0.6) is 0 Å². The fraction of sp³-hybridized carbons (Fsp3) is 0.929. The first kappa shape index (κ1) is 14.5. The maximum Gasteiger partial charge on any atom is 0.224 e. The first-order valence-electron chi connectivity index (χ1n) is 6.72. The molecule has 0 aromatic carbocycles. The number of piperidine rings is 1. The summed E-state index contributed by atoms with van der Waals surface area (Å²) in [5.41, 5.74) is 0.315. The summed E-state index contributed by atoms with van der Waals surface area (Å²) in [6.45, 7) is 13.7. The molecule has 0 bridgehead atoms. The molecule has 1 rings (SSSR count). The number of rotatable bonds is 3. The van der Waals surface area contributed by atoms with Crippen LogP contribution in [0.15, 0.2) is 0 Å². The van der Waals surface area contributed by atoms with Gasteiger partial charge in [-0.25, -0.2) is 0 Å². The minimum atomic E-state index is 0.116. The normalized spacial score (nSPS) is 22.3. The Balaban J connectivity index is 2.42. The van der Waals surface area contributed by atoms with Crippen LogP contribution in [0.1, 0.15) is 47.5 Å². The number of amides is 1. The third kappa shape index (κ3) is 3.98. The second-order valence-corrected chi connectivity index (χ2v) is 6.89. The standard InChI is InChI=1S/C14H28N2O/c1-13(2,3)14(4,5)10-16-12(17)11-7-6-8-15-9-11/h11,15H,6-10H2,1-5H3,(H,16,17). The Morgan fingerprint density at radius 3 is 2.41 bits per heavy atom. The van der Waals surface area contributed by atoms with Gasteiger partial charge in [-0.05, 0) is 30.2 Å². The minimum Gasteiger partial charge on any atom is -0.355 e. The molecule has 1 aliphatic heterocycles. The van der Waals surface area contributed by atoms with E-state index < -0.39 is 0 Å². The molecule has 1 fully saturated rings. The summed E-state index contributed by atoms with van der Waals surface area (Å²) >= 11 is 0. The molecule has 0 aliphatic carbocycles. The monoisotopic (exact) mass is 240 g/mol. The predicted octanol–water partition coefficient (Wildman–Crippen LogP) is 2.17. The Kier molecular flexibility index (Phi) is 4.59. The third-order valence-corrected chi connectivity index (χ3v) is 4.40. The molecule has 3 heteroatoms. The molecule has 1 amide bonds. The van der Waals surface area contributed by atoms with Crippen molar-refractivity contribution in [3.8, 4) is 0 Å². The predicted molar refractivity (Wildman–Crippen MR) is 71.8 cm³/mol. The highest BCUT2D eigenvalue weighted by molar-refractivity contribution is 5.79. The van der Waals surface area contributed by atoms with Gasteiger partial charge in [0.1, 0.15) is 0 Å². The highest BCUT2D eigenvalue weighted by Gasteiger charge is 2.33. The van der Waals surface area contributed by atoms with Crippen LogP contribution in [0.25, 0.3) is 0 Å². The molecule has 0 aromatic heterocycles. The van der Waals surface area contributed by atoms with Gasteiger partial charge >= 0.3 is 0 Å². The molecule has 1 unspecified atom stereocenters. The molecule has 0 saturated carbocycles. The van der Waals surface area contributed by atoms with E-state index in [1.54, 1.807) is 0 Å². The lowest BCUT2D eigenvalue weighted by Gasteiger charge is -2.39. The van der Waals surface area contributed by atoms with Crippen LogP contribution in [0, 0.1) is 16.7 Å². The molecule has 3 nitrogen and oxygen atoms in total. The van der Waals surface area contributed by atoms with E-state index in [1.807, 2.05) is 0 Å². The summed E-state index contributed by atoms with van der Waals surface area (Å²) in [6.07, 6.45) is 2.13. The first-order chi connectivity index (χ1) is 7.74. The van der Waals surface area contributed by atoms with E-state index in [0.717, 1.165) is 32.5 Å². The number of carbonyl (C=O) groups excluding carboxylic acids is 1. The van der Waals surface area contributed by atoms with Crippen molar-refractivity contribution in [2.45, 2.75) is 47.5 Å². The van der Waals surface area contributed by atoms with Crippen LogP contribution in [0.4, 0.5) is 0 Å². The van der Waals surface area contributed by atoms with Gasteiger partial charge in [-0.15, -0.1) is 0 Å². The minimum absolute atomic E-state index is 0.116. The van der Waals surface area contributed by atoms with Gasteiger partial charge in [-0.2, -0.15) is 0 Å². The van der Waals surface area contributed by atoms with Gasteiger partial charge in [0.2, 0.25) is 5.91 Å². The number of nitrogens with one attached hydrogen (secondary N) is 2. The van der Waals surface area contributed by atoms with Gasteiger partial charge < -0.3 is 10.6 Å². The molecule has 100 valence electrons. The highest BCUT2D eigenvalue weighted by atomic mass is 16.1. The Labute approximate surface area is 106 Å². The Morgan fingerprint density at radius 1 is 1.29 bits per heavy atom. The van der Waals surface area contributed by atoms with E-state index in [4.69, 9.17) is 0 Å². The molecule has 2 N–H and O–H groups in total. The van der Waals surface area contributed by atoms with Crippen molar-refractivity contribution >= 4 is 5.91 Å². The summed E-state index contributed by atoms with van der Waals surface area (Å²) in [6, 6.07) is 0. The van der Waals surface area contributed by atoms with Crippen molar-refractivity contribution < 1.29 is 4.79 Å². The molecule has 0 radical (unpaired) electrons. The van der Waals surface area contributed by atoms with Gasteiger partial charge in [0, 0.05) is 13.1 Å². The zero-order chi connectivity index (χ0) is 13.1. The number of carbonyl (C=O) groups is 1. The zero-order valence-corrected chi connectivity index (χ0v) is 12.0. The van der Waals surface area contributed by atoms with Crippen LogP contribution in [0.2, 0.25) is 0 Å². The van der Waals surface area contributed by atoms with Gasteiger partial charge in [0.15, 0.2) is 0 Å². The highest BCUT2D eigenvalue weighted by Crippen LogP contribution is 2.37. The van der Waals surface area contributed by atoms with E-state index in [0.29, 0.717) is 0 Å². The lowest BCUT2D eigenvalue weighted by atomic mass is 9.69. The SMILES string of the molecule is CC(C)(C)C(C)(C)CNC(=O)C1CCCNC1. The van der Waals surface area contributed by atoms with Crippen molar-refractivity contribution in [1.29, 1.82) is 0 Å². The van der Waals surface area contributed by atoms with E-state index in [-0.39, 0.29) is 22.7 Å². The Bertz CT molecular complexity index is 260. The molecule has 0 aromatic rings. The van der Waals surface area contributed by atoms with Crippen molar-refractivity contribution in [3.05, 3.63) is 0 Å². The largest absolute Gasteiger partial charge is 0.355 e. The fourth-order valence-corrected chi connectivity index (χ4v) is 1.79. The number of hydrogen-bond donors (Lipinski definition) is 2. The zero-order valence-electron chi connectivity index (χ0n) is 12.0. The lowest BCUT2D eigenvalue weighted by Crippen LogP contribution is -2.46. The fourth-order valence-electron chi connectivity index (χ4n) is 1.79. The van der Waals surface area contributed by atoms with Crippen LogP contribution >= 0.6 is 0 Å². The van der Waals surface area contributed by atoms with E-state index in [9.17, 15) is 4.79 Å². The van der Waals surface area contributed by atoms with Crippen LogP contribution in [0.3, 0.4) is 0 Å². The summed E-state index contributed by atoms with van der Waals surface area (Å²) < 4.78 is 0. The summed E-state index contributed by atoms with van der Waals surface area (Å²) in [7, 11) is 0. The summed E-state index contributed by atoms with van der Waals surface area (Å²) in [4.78, 5) is 12.0. The average molecular weight is 240 g/mol. The molecular formula is C14H28N2O. The molecular weight excluding hydrogens is 212 g/mol. The lowest BCUT2D eigenvalue weighted by molar-refractivity contribution is -0.126. The van der Waals surface area contributed by atoms with Crippen molar-refractivity contribution in [1.82, 2.24) is 10.6 Å². The van der Waals surface area contributed by atoms with E-state index in [1.165, 1.54) is 0 Å². The third-order valence-electron chi connectivity index (χ3n) is 4.40. The number of hydrogen-bond acceptors (Lipinski definition) is 2. The summed E-state index contributed by atoms with van der Waals surface area (Å²) in [5, 5.41) is 6.40. The van der Waals surface area contributed by atoms with E-state index >= 15 is 0 Å². The molecule has 1 atom stereocenters. The van der Waals surface area contributed by atoms with Crippen molar-refractivity contribution in [2.75, 3.05) is 19.6 Å². The van der Waals surface area contributed by atoms with E-state index in [2.05, 4.69) is 45.3 Å². The van der Waals surface area contributed by atoms with Gasteiger partial charge in [0.25, 0.3) is 0 Å². The molecule has 0 spiro atoms. The van der Waals surface area contributed by atoms with Crippen LogP contribution in [-0.2, 0) is 4.79 Å². The molecule has 17 heavy (non-hydrogen) atoms. The van der Waals surface area contributed by atoms with Gasteiger partial charge in [-0.3, -0.25) is 4.79 Å². The second kappa shape index (κ2) is 5.38. The van der Waals surface area contributed by atoms with Gasteiger partial charge in [0.05, 0.1) is 5.92 Å². The molecule has 1 saturated heterocycles. The van der Waals surface area contributed by atoms with Crippen molar-refractivity contribution in [2.24, 2.45) is 16.7 Å². The van der Waals surface area contributed by atoms with Crippen LogP contribution < -0.4 is 10.6 Å². The quantitative estimate of drug-likeness (QED) is 0.794. The molecule has 1 aliphatic rings. The maximum atomic E-state index is 12.0. The Morgan fingerprint density at radius 2 is 1.94 bits per heavy atom. The maximum absolute atomic E-state index is 12.0. The molecule has 1 heterocycles. The smallest absolute Gasteiger partial charge is 0.224 e. The Hall–Kier alpha value is -0.570. The van der Waals surface area contributed by atoms with Gasteiger partial charge in [-0.1, -0.05) is 34.6 Å². The average Bonchev–Trinajstić information content (AvgIpc) is 2.25. The topological polar surface area (TPSA) is 41.1 Å². The first-order valence-corrected chi connectivity index (χ1v) is 6.72. The van der Waals surface area contributed by atoms with Crippen molar-refractivity contribution in [3.63, 3.8) is 0 Å².